The topological polar surface area (TPSA) is 75.1 Å². The molecule has 2 aliphatic rings. The Labute approximate surface area is 217 Å². The number of para-hydroxylation sites is 1. The van der Waals surface area contributed by atoms with Crippen molar-refractivity contribution in [3.05, 3.63) is 78.6 Å². The number of hydrogen-bond acceptors (Lipinski definition) is 4. The lowest BCUT2D eigenvalue weighted by Gasteiger charge is -2.36. The van der Waals surface area contributed by atoms with Crippen molar-refractivity contribution in [3.63, 3.8) is 0 Å². The third-order valence-electron chi connectivity index (χ3n) is 7.89. The zero-order valence-corrected chi connectivity index (χ0v) is 21.1. The van der Waals surface area contributed by atoms with Gasteiger partial charge in [-0.2, -0.15) is 5.10 Å². The molecule has 0 unspecified atom stereocenters. The molecule has 7 heteroatoms. The van der Waals surface area contributed by atoms with Crippen molar-refractivity contribution >= 4 is 22.6 Å². The van der Waals surface area contributed by atoms with Gasteiger partial charge in [-0.3, -0.25) is 9.67 Å². The van der Waals surface area contributed by atoms with Crippen LogP contribution < -0.4 is 10.6 Å². The van der Waals surface area contributed by atoms with Gasteiger partial charge in [0.05, 0.1) is 11.6 Å². The van der Waals surface area contributed by atoms with Crippen LogP contribution in [-0.2, 0) is 6.54 Å². The van der Waals surface area contributed by atoms with Crippen molar-refractivity contribution in [1.82, 2.24) is 25.0 Å². The standard InChI is InChI=1S/C30H34N6O/c37-30(32-21-22-6-5-17-31-20-22)33-24-13-11-23(12-14-24)29-27-9-3-4-10-28(27)36(34-29)26-15-18-35(19-16-26)25-7-1-2-8-25/h3-6,9-14,17,20,25-26H,1-2,7-8,15-16,18-19,21H2,(H2,32,33,37). The first-order chi connectivity index (χ1) is 18.2. The highest BCUT2D eigenvalue weighted by atomic mass is 16.2. The second-order valence-electron chi connectivity index (χ2n) is 10.3. The molecule has 2 N–H and O–H groups in total. The van der Waals surface area contributed by atoms with Gasteiger partial charge in [-0.25, -0.2) is 4.79 Å². The van der Waals surface area contributed by atoms with Crippen LogP contribution in [-0.4, -0.2) is 44.8 Å². The molecule has 6 rings (SSSR count). The monoisotopic (exact) mass is 494 g/mol. The molecule has 2 fully saturated rings. The second-order valence-corrected chi connectivity index (χ2v) is 10.3. The highest BCUT2D eigenvalue weighted by Gasteiger charge is 2.29. The van der Waals surface area contributed by atoms with E-state index in [1.807, 2.05) is 36.4 Å². The molecule has 1 aliphatic carbocycles. The third kappa shape index (κ3) is 5.23. The summed E-state index contributed by atoms with van der Waals surface area (Å²) in [6.07, 6.45) is 11.3. The van der Waals surface area contributed by atoms with Gasteiger partial charge in [0.1, 0.15) is 5.69 Å². The quantitative estimate of drug-likeness (QED) is 0.345. The minimum absolute atomic E-state index is 0.240. The minimum atomic E-state index is -0.240. The smallest absolute Gasteiger partial charge is 0.319 e. The maximum absolute atomic E-state index is 12.3. The van der Waals surface area contributed by atoms with Crippen LogP contribution in [0.2, 0.25) is 0 Å². The summed E-state index contributed by atoms with van der Waals surface area (Å²) in [4.78, 5) is 19.1. The summed E-state index contributed by atoms with van der Waals surface area (Å²) in [5, 5.41) is 12.1. The van der Waals surface area contributed by atoms with Crippen LogP contribution in [0, 0.1) is 0 Å². The lowest BCUT2D eigenvalue weighted by atomic mass is 10.0. The lowest BCUT2D eigenvalue weighted by Crippen LogP contribution is -2.40. The molecule has 0 spiro atoms. The molecule has 1 aliphatic heterocycles. The number of aromatic nitrogens is 3. The van der Waals surface area contributed by atoms with Crippen LogP contribution >= 0.6 is 0 Å². The van der Waals surface area contributed by atoms with E-state index in [0.717, 1.165) is 41.4 Å². The Kier molecular flexibility index (Phi) is 6.86. The number of carbonyl (C=O) groups is 1. The molecular formula is C30H34N6O. The van der Waals surface area contributed by atoms with E-state index in [-0.39, 0.29) is 6.03 Å². The average molecular weight is 495 g/mol. The second kappa shape index (κ2) is 10.7. The summed E-state index contributed by atoms with van der Waals surface area (Å²) in [5.41, 5.74) is 4.96. The number of hydrogen-bond donors (Lipinski definition) is 2. The Morgan fingerprint density at radius 2 is 1.68 bits per heavy atom. The zero-order chi connectivity index (χ0) is 25.0. The number of anilines is 1. The molecule has 2 aromatic heterocycles. The van der Waals surface area contributed by atoms with Crippen molar-refractivity contribution in [2.24, 2.45) is 0 Å². The Hall–Kier alpha value is -3.71. The Balaban J connectivity index is 1.15. The molecule has 2 amide bonds. The number of rotatable bonds is 6. The van der Waals surface area contributed by atoms with Gasteiger partial charge in [0.25, 0.3) is 0 Å². The SMILES string of the molecule is O=C(NCc1cccnc1)Nc1ccc(-c2nn(C3CCN(C4CCCC4)CC3)c3ccccc23)cc1. The summed E-state index contributed by atoms with van der Waals surface area (Å²) in [7, 11) is 0. The molecule has 1 saturated heterocycles. The number of likely N-dealkylation sites (tertiary alicyclic amines) is 1. The number of fused-ring (bicyclic) bond motifs is 1. The summed E-state index contributed by atoms with van der Waals surface area (Å²) in [6.45, 7) is 2.77. The number of amides is 2. The van der Waals surface area contributed by atoms with E-state index >= 15 is 0 Å². The zero-order valence-electron chi connectivity index (χ0n) is 21.1. The van der Waals surface area contributed by atoms with Gasteiger partial charge in [0, 0.05) is 54.7 Å². The molecule has 1 saturated carbocycles. The molecule has 0 bridgehead atoms. The molecule has 2 aromatic carbocycles. The van der Waals surface area contributed by atoms with Crippen molar-refractivity contribution in [1.29, 1.82) is 0 Å². The van der Waals surface area contributed by atoms with E-state index in [4.69, 9.17) is 5.10 Å². The van der Waals surface area contributed by atoms with Gasteiger partial charge in [-0.05, 0) is 55.5 Å². The van der Waals surface area contributed by atoms with Crippen LogP contribution in [0.3, 0.4) is 0 Å². The first-order valence-corrected chi connectivity index (χ1v) is 13.5. The van der Waals surface area contributed by atoms with Gasteiger partial charge >= 0.3 is 6.03 Å². The molecule has 0 atom stereocenters. The fourth-order valence-electron chi connectivity index (χ4n) is 5.92. The van der Waals surface area contributed by atoms with E-state index < -0.39 is 0 Å². The van der Waals surface area contributed by atoms with E-state index in [2.05, 4.69) is 49.5 Å². The Morgan fingerprint density at radius 1 is 0.892 bits per heavy atom. The number of piperidine rings is 1. The number of urea groups is 1. The van der Waals surface area contributed by atoms with Gasteiger partial charge < -0.3 is 15.5 Å². The number of benzene rings is 2. The van der Waals surface area contributed by atoms with Crippen molar-refractivity contribution in [2.75, 3.05) is 18.4 Å². The minimum Gasteiger partial charge on any atom is -0.334 e. The predicted octanol–water partition coefficient (Wildman–Crippen LogP) is 6.00. The molecule has 0 radical (unpaired) electrons. The average Bonchev–Trinajstić information content (AvgIpc) is 3.62. The van der Waals surface area contributed by atoms with Gasteiger partial charge in [-0.1, -0.05) is 49.2 Å². The number of nitrogens with one attached hydrogen (secondary N) is 2. The van der Waals surface area contributed by atoms with E-state index in [0.29, 0.717) is 12.6 Å². The molecule has 190 valence electrons. The molecule has 37 heavy (non-hydrogen) atoms. The number of pyridine rings is 1. The van der Waals surface area contributed by atoms with Crippen LogP contribution in [0.5, 0.6) is 0 Å². The van der Waals surface area contributed by atoms with E-state index in [1.165, 1.54) is 49.7 Å². The lowest BCUT2D eigenvalue weighted by molar-refractivity contribution is 0.134. The van der Waals surface area contributed by atoms with Crippen molar-refractivity contribution < 1.29 is 4.79 Å². The molecule has 3 heterocycles. The van der Waals surface area contributed by atoms with Crippen LogP contribution in [0.4, 0.5) is 10.5 Å². The highest BCUT2D eigenvalue weighted by Crippen LogP contribution is 2.35. The fraction of sp³-hybridized carbons (Fsp3) is 0.367. The van der Waals surface area contributed by atoms with Gasteiger partial charge in [-0.15, -0.1) is 0 Å². The van der Waals surface area contributed by atoms with Crippen molar-refractivity contribution in [3.8, 4) is 11.3 Å². The normalized spacial score (nSPS) is 17.3. The summed E-state index contributed by atoms with van der Waals surface area (Å²) < 4.78 is 2.27. The molecule has 4 aromatic rings. The maximum Gasteiger partial charge on any atom is 0.319 e. The predicted molar refractivity (Wildman–Crippen MR) is 147 cm³/mol. The van der Waals surface area contributed by atoms with E-state index in [9.17, 15) is 4.79 Å². The van der Waals surface area contributed by atoms with Gasteiger partial charge in [0.15, 0.2) is 0 Å². The largest absolute Gasteiger partial charge is 0.334 e. The Bertz CT molecular complexity index is 1340. The molecular weight excluding hydrogens is 460 g/mol. The summed E-state index contributed by atoms with van der Waals surface area (Å²) in [6, 6.07) is 21.3. The van der Waals surface area contributed by atoms with Gasteiger partial charge in [0.2, 0.25) is 0 Å². The first kappa shape index (κ1) is 23.7. The van der Waals surface area contributed by atoms with Crippen molar-refractivity contribution in [2.45, 2.75) is 57.2 Å². The van der Waals surface area contributed by atoms with E-state index in [1.54, 1.807) is 12.4 Å². The summed E-state index contributed by atoms with van der Waals surface area (Å²) >= 11 is 0. The maximum atomic E-state index is 12.3. The first-order valence-electron chi connectivity index (χ1n) is 13.5. The van der Waals surface area contributed by atoms with Crippen LogP contribution in [0.25, 0.3) is 22.2 Å². The summed E-state index contributed by atoms with van der Waals surface area (Å²) in [5.74, 6) is 0. The fourth-order valence-corrected chi connectivity index (χ4v) is 5.92. The van der Waals surface area contributed by atoms with Crippen LogP contribution in [0.1, 0.15) is 50.1 Å². The third-order valence-corrected chi connectivity index (χ3v) is 7.89. The number of nitrogens with zero attached hydrogens (tertiary/aromatic N) is 4. The molecule has 7 nitrogen and oxygen atoms in total. The highest BCUT2D eigenvalue weighted by molar-refractivity contribution is 5.94. The Morgan fingerprint density at radius 3 is 2.43 bits per heavy atom. The van der Waals surface area contributed by atoms with Crippen LogP contribution in [0.15, 0.2) is 73.1 Å². The number of carbonyl (C=O) groups excluding carboxylic acids is 1.